The summed E-state index contributed by atoms with van der Waals surface area (Å²) in [5.74, 6) is -0.596. The molecule has 3 atom stereocenters. The predicted octanol–water partition coefficient (Wildman–Crippen LogP) is 4.20. The maximum absolute atomic E-state index is 13.0. The van der Waals surface area contributed by atoms with Gasteiger partial charge in [-0.3, -0.25) is 4.79 Å². The Kier molecular flexibility index (Phi) is 10.9. The van der Waals surface area contributed by atoms with E-state index in [1.54, 1.807) is 18.2 Å². The fraction of sp³-hybridized carbons (Fsp3) is 0.333. The Labute approximate surface area is 238 Å². The fourth-order valence-corrected chi connectivity index (χ4v) is 4.57. The van der Waals surface area contributed by atoms with Gasteiger partial charge in [-0.05, 0) is 60.2 Å². The maximum Gasteiger partial charge on any atom is 0.407 e. The minimum absolute atomic E-state index is 0.0187. The summed E-state index contributed by atoms with van der Waals surface area (Å²) in [5.41, 5.74) is 9.49. The van der Waals surface area contributed by atoms with Crippen molar-refractivity contribution in [2.75, 3.05) is 25.1 Å². The number of aryl methyl sites for hydroxylation is 1. The van der Waals surface area contributed by atoms with E-state index >= 15 is 0 Å². The largest absolute Gasteiger partial charge is 0.448 e. The summed E-state index contributed by atoms with van der Waals surface area (Å²) < 4.78 is 24.3. The molecule has 1 aliphatic rings. The lowest BCUT2D eigenvalue weighted by molar-refractivity contribution is -0.117. The highest BCUT2D eigenvalue weighted by atomic mass is 35.5. The highest BCUT2D eigenvalue weighted by Gasteiger charge is 2.23. The van der Waals surface area contributed by atoms with Gasteiger partial charge in [-0.25, -0.2) is 9.18 Å². The third-order valence-electron chi connectivity index (χ3n) is 6.68. The molecule has 0 unspecified atom stereocenters. The van der Waals surface area contributed by atoms with Crippen molar-refractivity contribution in [3.05, 3.63) is 100 Å². The number of halogens is 2. The number of rotatable bonds is 11. The maximum atomic E-state index is 13.0. The first-order chi connectivity index (χ1) is 19.4. The molecule has 3 aromatic rings. The summed E-state index contributed by atoms with van der Waals surface area (Å²) in [6.45, 7) is 1.45. The van der Waals surface area contributed by atoms with E-state index in [2.05, 4.69) is 16.0 Å². The quantitative estimate of drug-likeness (QED) is 0.276. The van der Waals surface area contributed by atoms with Gasteiger partial charge in [-0.15, -0.1) is 0 Å². The van der Waals surface area contributed by atoms with Gasteiger partial charge < -0.3 is 31.2 Å². The molecule has 1 saturated heterocycles. The van der Waals surface area contributed by atoms with Crippen LogP contribution in [0.1, 0.15) is 23.1 Å². The molecule has 2 amide bonds. The Hall–Kier alpha value is -3.50. The van der Waals surface area contributed by atoms with Gasteiger partial charge in [0.25, 0.3) is 0 Å². The van der Waals surface area contributed by atoms with Crippen LogP contribution in [0.5, 0.6) is 0 Å². The fourth-order valence-electron chi connectivity index (χ4n) is 4.36. The van der Waals surface area contributed by atoms with Crippen LogP contribution >= 0.6 is 11.6 Å². The third kappa shape index (κ3) is 9.02. The van der Waals surface area contributed by atoms with Crippen molar-refractivity contribution >= 4 is 29.3 Å². The molecule has 5 N–H and O–H groups in total. The number of alkyl carbamates (subject to hydrolysis) is 1. The monoisotopic (exact) mass is 568 g/mol. The van der Waals surface area contributed by atoms with Crippen molar-refractivity contribution in [1.29, 1.82) is 0 Å². The summed E-state index contributed by atoms with van der Waals surface area (Å²) in [5, 5.41) is 9.56. The van der Waals surface area contributed by atoms with Crippen LogP contribution in [0, 0.1) is 5.82 Å². The normalized spacial score (nSPS) is 17.6. The van der Waals surface area contributed by atoms with Gasteiger partial charge in [0.1, 0.15) is 12.4 Å². The molecule has 3 aromatic carbocycles. The molecular weight excluding hydrogens is 535 g/mol. The molecule has 212 valence electrons. The molecule has 0 spiro atoms. The van der Waals surface area contributed by atoms with Crippen LogP contribution in [0.25, 0.3) is 0 Å². The number of nitrogens with one attached hydrogen (secondary N) is 3. The van der Waals surface area contributed by atoms with Gasteiger partial charge >= 0.3 is 6.09 Å². The second-order valence-electron chi connectivity index (χ2n) is 9.73. The average Bonchev–Trinajstić information content (AvgIpc) is 2.97. The van der Waals surface area contributed by atoms with Crippen LogP contribution in [0.15, 0.2) is 72.8 Å². The van der Waals surface area contributed by atoms with E-state index in [0.29, 0.717) is 31.0 Å². The third-order valence-corrected chi connectivity index (χ3v) is 7.05. The number of nitrogens with two attached hydrogens (primary N) is 1. The number of hydrogen-bond acceptors (Lipinski definition) is 6. The molecule has 1 heterocycles. The second-order valence-corrected chi connectivity index (χ2v) is 10.1. The molecule has 4 rings (SSSR count). The smallest absolute Gasteiger partial charge is 0.407 e. The van der Waals surface area contributed by atoms with E-state index in [1.165, 1.54) is 12.1 Å². The van der Waals surface area contributed by atoms with E-state index in [0.717, 1.165) is 28.8 Å². The molecule has 0 radical (unpaired) electrons. The summed E-state index contributed by atoms with van der Waals surface area (Å²) in [7, 11) is 0. The highest BCUT2D eigenvalue weighted by molar-refractivity contribution is 6.31. The van der Waals surface area contributed by atoms with Crippen molar-refractivity contribution in [3.8, 4) is 0 Å². The van der Waals surface area contributed by atoms with Crippen LogP contribution in [0.3, 0.4) is 0 Å². The van der Waals surface area contributed by atoms with Crippen LogP contribution in [0.4, 0.5) is 14.9 Å². The average molecular weight is 569 g/mol. The lowest BCUT2D eigenvalue weighted by atomic mass is 10.0. The lowest BCUT2D eigenvalue weighted by Crippen LogP contribution is -2.49. The zero-order valence-electron chi connectivity index (χ0n) is 22.1. The van der Waals surface area contributed by atoms with E-state index in [1.807, 2.05) is 42.5 Å². The van der Waals surface area contributed by atoms with E-state index in [9.17, 15) is 14.0 Å². The van der Waals surface area contributed by atoms with Crippen LogP contribution in [-0.4, -0.2) is 49.9 Å². The second kappa shape index (κ2) is 14.8. The Morgan fingerprint density at radius 3 is 2.52 bits per heavy atom. The summed E-state index contributed by atoms with van der Waals surface area (Å²) in [6.07, 6.45) is 1.23. The topological polar surface area (TPSA) is 115 Å². The Morgan fingerprint density at radius 1 is 1.07 bits per heavy atom. The van der Waals surface area contributed by atoms with Crippen molar-refractivity contribution in [1.82, 2.24) is 10.6 Å². The Balaban J connectivity index is 1.16. The van der Waals surface area contributed by atoms with Crippen molar-refractivity contribution in [2.24, 2.45) is 5.73 Å². The van der Waals surface area contributed by atoms with Crippen LogP contribution < -0.4 is 21.7 Å². The van der Waals surface area contributed by atoms with Crippen molar-refractivity contribution in [3.63, 3.8) is 0 Å². The molecule has 40 heavy (non-hydrogen) atoms. The van der Waals surface area contributed by atoms with E-state index in [-0.39, 0.29) is 37.0 Å². The summed E-state index contributed by atoms with van der Waals surface area (Å²) >= 11 is 6.21. The first-order valence-electron chi connectivity index (χ1n) is 13.2. The molecule has 1 aliphatic heterocycles. The summed E-state index contributed by atoms with van der Waals surface area (Å²) in [6, 6.07) is 20.1. The van der Waals surface area contributed by atoms with Gasteiger partial charge in [0.2, 0.25) is 5.91 Å². The molecule has 10 heteroatoms. The number of anilines is 1. The van der Waals surface area contributed by atoms with Gasteiger partial charge in [0.05, 0.1) is 24.8 Å². The first-order valence-corrected chi connectivity index (χ1v) is 13.6. The molecule has 0 saturated carbocycles. The van der Waals surface area contributed by atoms with Crippen molar-refractivity contribution in [2.45, 2.75) is 44.0 Å². The lowest BCUT2D eigenvalue weighted by Gasteiger charge is -2.30. The number of ether oxygens (including phenoxy) is 2. The standard InChI is InChI=1S/C30H34ClFN4O4/c31-26-7-3-1-6-22(26)15-27(33)29(37)36-28-8-4-2-5-21(28)11-14-25-17-34-24(18-39-25)19-40-30(38)35-16-20-9-12-23(32)13-10-20/h1-10,12-13,24-25,27,34H,11,14-19,33H2,(H,35,38)(H,36,37)/t24-,25+,27-/m0/s1. The first kappa shape index (κ1) is 29.5. The Morgan fingerprint density at radius 2 is 1.80 bits per heavy atom. The van der Waals surface area contributed by atoms with E-state index < -0.39 is 12.1 Å². The number of amides is 2. The number of carbonyl (C=O) groups excluding carboxylic acids is 2. The molecular formula is C30H34ClFN4O4. The van der Waals surface area contributed by atoms with Crippen LogP contribution in [0.2, 0.25) is 5.02 Å². The predicted molar refractivity (Wildman–Crippen MR) is 153 cm³/mol. The van der Waals surface area contributed by atoms with Gasteiger partial charge in [-0.1, -0.05) is 60.1 Å². The Bertz CT molecular complexity index is 1270. The molecule has 8 nitrogen and oxygen atoms in total. The zero-order chi connectivity index (χ0) is 28.3. The molecule has 1 fully saturated rings. The number of para-hydroxylation sites is 1. The number of benzene rings is 3. The van der Waals surface area contributed by atoms with Gasteiger partial charge in [0, 0.05) is 23.8 Å². The number of hydrogen-bond donors (Lipinski definition) is 4. The minimum atomic E-state index is -0.733. The highest BCUT2D eigenvalue weighted by Crippen LogP contribution is 2.21. The zero-order valence-corrected chi connectivity index (χ0v) is 22.8. The van der Waals surface area contributed by atoms with Gasteiger partial charge in [0.15, 0.2) is 0 Å². The SMILES string of the molecule is N[C@@H](Cc1ccccc1Cl)C(=O)Nc1ccccc1CC[C@@H]1CN[C@H](COC(=O)NCc2ccc(F)cc2)CO1. The minimum Gasteiger partial charge on any atom is -0.448 e. The van der Waals surface area contributed by atoms with E-state index in [4.69, 9.17) is 26.8 Å². The molecule has 0 aromatic heterocycles. The summed E-state index contributed by atoms with van der Waals surface area (Å²) in [4.78, 5) is 24.8. The number of morpholine rings is 1. The van der Waals surface area contributed by atoms with Gasteiger partial charge in [-0.2, -0.15) is 0 Å². The number of carbonyl (C=O) groups is 2. The molecule has 0 aliphatic carbocycles. The molecule has 0 bridgehead atoms. The van der Waals surface area contributed by atoms with Crippen molar-refractivity contribution < 1.29 is 23.5 Å². The van der Waals surface area contributed by atoms with Crippen LogP contribution in [-0.2, 0) is 33.7 Å².